The molecule has 2 amide bonds. The van der Waals surface area contributed by atoms with Crippen molar-refractivity contribution in [2.75, 3.05) is 12.0 Å². The first-order valence-electron chi connectivity index (χ1n) is 7.64. The van der Waals surface area contributed by atoms with E-state index in [1.165, 1.54) is 4.90 Å². The third kappa shape index (κ3) is 3.08. The third-order valence-electron chi connectivity index (χ3n) is 3.82. The maximum Gasteiger partial charge on any atom is 0.298 e. The molecule has 1 aliphatic rings. The summed E-state index contributed by atoms with van der Waals surface area (Å²) in [6.07, 6.45) is 2.49. The maximum atomic E-state index is 12.7. The average Bonchev–Trinajstić information content (AvgIpc) is 2.89. The zero-order valence-corrected chi connectivity index (χ0v) is 14.3. The molecule has 0 aromatic heterocycles. The van der Waals surface area contributed by atoms with E-state index in [4.69, 9.17) is 4.74 Å². The average molecular weight is 339 g/mol. The molecule has 2 aromatic carbocycles. The van der Waals surface area contributed by atoms with Crippen molar-refractivity contribution in [3.05, 3.63) is 64.6 Å². The van der Waals surface area contributed by atoms with Crippen LogP contribution < -0.4 is 9.64 Å². The molecule has 24 heavy (non-hydrogen) atoms. The van der Waals surface area contributed by atoms with Gasteiger partial charge in [0.05, 0.1) is 17.7 Å². The summed E-state index contributed by atoms with van der Waals surface area (Å²) >= 11 is 0.968. The highest BCUT2D eigenvalue weighted by molar-refractivity contribution is 8.19. The van der Waals surface area contributed by atoms with Gasteiger partial charge in [-0.15, -0.1) is 0 Å². The summed E-state index contributed by atoms with van der Waals surface area (Å²) < 4.78 is 5.12. The number of carbonyl (C=O) groups excluding carboxylic acids is 2. The molecule has 122 valence electrons. The molecule has 5 heteroatoms. The fourth-order valence-electron chi connectivity index (χ4n) is 2.55. The van der Waals surface area contributed by atoms with Gasteiger partial charge < -0.3 is 4.74 Å². The molecular formula is C19H17NO3S. The van der Waals surface area contributed by atoms with Crippen LogP contribution in [-0.4, -0.2) is 18.3 Å². The largest absolute Gasteiger partial charge is 0.497 e. The number of ether oxygens (including phenoxy) is 1. The Hall–Kier alpha value is -2.53. The normalized spacial score (nSPS) is 16.1. The molecule has 1 fully saturated rings. The molecular weight excluding hydrogens is 322 g/mol. The first kappa shape index (κ1) is 16.3. The molecule has 0 atom stereocenters. The molecule has 1 saturated heterocycles. The summed E-state index contributed by atoms with van der Waals surface area (Å²) in [4.78, 5) is 26.8. The fraction of sp³-hybridized carbons (Fsp3) is 0.158. The highest BCUT2D eigenvalue weighted by atomic mass is 32.2. The summed E-state index contributed by atoms with van der Waals surface area (Å²) in [6.45, 7) is 2.01. The molecule has 1 heterocycles. The smallest absolute Gasteiger partial charge is 0.298 e. The van der Waals surface area contributed by atoms with E-state index in [0.717, 1.165) is 35.1 Å². The van der Waals surface area contributed by atoms with Crippen LogP contribution in [0.3, 0.4) is 0 Å². The number of imide groups is 1. The molecule has 0 N–H and O–H groups in total. The van der Waals surface area contributed by atoms with Gasteiger partial charge in [0.1, 0.15) is 5.75 Å². The second-order valence-corrected chi connectivity index (χ2v) is 6.27. The van der Waals surface area contributed by atoms with Crippen molar-refractivity contribution in [1.29, 1.82) is 0 Å². The van der Waals surface area contributed by atoms with E-state index in [0.29, 0.717) is 10.6 Å². The minimum Gasteiger partial charge on any atom is -0.497 e. The Bertz CT molecular complexity index is 812. The lowest BCUT2D eigenvalue weighted by molar-refractivity contribution is -0.113. The summed E-state index contributed by atoms with van der Waals surface area (Å²) in [5.74, 6) is 0.471. The predicted octanol–water partition coefficient (Wildman–Crippen LogP) is 4.50. The van der Waals surface area contributed by atoms with Gasteiger partial charge in [0.2, 0.25) is 0 Å². The number of carbonyl (C=O) groups is 2. The van der Waals surface area contributed by atoms with Crippen LogP contribution >= 0.6 is 11.8 Å². The monoisotopic (exact) mass is 339 g/mol. The first-order chi connectivity index (χ1) is 11.6. The number of hydrogen-bond acceptors (Lipinski definition) is 4. The number of rotatable bonds is 4. The number of benzene rings is 2. The van der Waals surface area contributed by atoms with E-state index >= 15 is 0 Å². The summed E-state index contributed by atoms with van der Waals surface area (Å²) in [5, 5.41) is -0.263. The molecule has 0 bridgehead atoms. The van der Waals surface area contributed by atoms with Crippen molar-refractivity contribution in [2.24, 2.45) is 0 Å². The van der Waals surface area contributed by atoms with Gasteiger partial charge >= 0.3 is 0 Å². The topological polar surface area (TPSA) is 46.6 Å². The van der Waals surface area contributed by atoms with Crippen LogP contribution in [0.1, 0.15) is 18.1 Å². The van der Waals surface area contributed by atoms with Crippen molar-refractivity contribution >= 4 is 34.7 Å². The molecule has 0 spiro atoms. The van der Waals surface area contributed by atoms with Gasteiger partial charge in [0.15, 0.2) is 0 Å². The van der Waals surface area contributed by atoms with Gasteiger partial charge in [-0.3, -0.25) is 9.59 Å². The summed E-state index contributed by atoms with van der Waals surface area (Å²) in [6, 6.07) is 14.8. The SMILES string of the molecule is CCc1ccccc1N1C(=O)S/C(=C\c2ccc(OC)cc2)C1=O. The van der Waals surface area contributed by atoms with E-state index in [2.05, 4.69) is 0 Å². The van der Waals surface area contributed by atoms with E-state index in [-0.39, 0.29) is 11.1 Å². The van der Waals surface area contributed by atoms with Crippen LogP contribution in [0.5, 0.6) is 5.75 Å². The number of hydrogen-bond donors (Lipinski definition) is 0. The van der Waals surface area contributed by atoms with Gasteiger partial charge in [0, 0.05) is 0 Å². The quantitative estimate of drug-likeness (QED) is 0.770. The number of methoxy groups -OCH3 is 1. The van der Waals surface area contributed by atoms with E-state index in [9.17, 15) is 9.59 Å². The van der Waals surface area contributed by atoms with Gasteiger partial charge in [-0.25, -0.2) is 4.90 Å². The Morgan fingerprint density at radius 2 is 1.79 bits per heavy atom. The number of para-hydroxylation sites is 1. The summed E-state index contributed by atoms with van der Waals surface area (Å²) in [5.41, 5.74) is 2.50. The van der Waals surface area contributed by atoms with Crippen molar-refractivity contribution in [3.63, 3.8) is 0 Å². The lowest BCUT2D eigenvalue weighted by Crippen LogP contribution is -2.28. The predicted molar refractivity (Wildman–Crippen MR) is 97.3 cm³/mol. The lowest BCUT2D eigenvalue weighted by atomic mass is 10.1. The van der Waals surface area contributed by atoms with Crippen molar-refractivity contribution in [3.8, 4) is 5.75 Å². The molecule has 0 unspecified atom stereocenters. The van der Waals surface area contributed by atoms with Gasteiger partial charge in [0.25, 0.3) is 11.1 Å². The standard InChI is InChI=1S/C19H17NO3S/c1-3-14-6-4-5-7-16(14)20-18(21)17(24-19(20)22)12-13-8-10-15(23-2)11-9-13/h4-12H,3H2,1-2H3/b17-12-. The molecule has 4 nitrogen and oxygen atoms in total. The van der Waals surface area contributed by atoms with Crippen LogP contribution in [0.15, 0.2) is 53.4 Å². The zero-order valence-electron chi connectivity index (χ0n) is 13.5. The molecule has 0 saturated carbocycles. The van der Waals surface area contributed by atoms with Gasteiger partial charge in [-0.1, -0.05) is 37.3 Å². The van der Waals surface area contributed by atoms with E-state index in [1.807, 2.05) is 55.5 Å². The van der Waals surface area contributed by atoms with Crippen molar-refractivity contribution in [1.82, 2.24) is 0 Å². The summed E-state index contributed by atoms with van der Waals surface area (Å²) in [7, 11) is 1.60. The van der Waals surface area contributed by atoms with Crippen LogP contribution in [0, 0.1) is 0 Å². The van der Waals surface area contributed by atoms with Gasteiger partial charge in [-0.05, 0) is 53.6 Å². The number of nitrogens with zero attached hydrogens (tertiary/aromatic N) is 1. The molecule has 1 aliphatic heterocycles. The molecule has 2 aromatic rings. The number of thioether (sulfide) groups is 1. The second kappa shape index (κ2) is 6.93. The van der Waals surface area contributed by atoms with Crippen molar-refractivity contribution in [2.45, 2.75) is 13.3 Å². The number of aryl methyl sites for hydroxylation is 1. The highest BCUT2D eigenvalue weighted by Gasteiger charge is 2.37. The maximum absolute atomic E-state index is 12.7. The second-order valence-electron chi connectivity index (χ2n) is 5.27. The lowest BCUT2D eigenvalue weighted by Gasteiger charge is -2.16. The van der Waals surface area contributed by atoms with Crippen LogP contribution in [0.4, 0.5) is 10.5 Å². The molecule has 0 aliphatic carbocycles. The Kier molecular flexibility index (Phi) is 4.71. The molecule has 0 radical (unpaired) electrons. The molecule has 3 rings (SSSR count). The Labute approximate surface area is 145 Å². The van der Waals surface area contributed by atoms with Crippen LogP contribution in [-0.2, 0) is 11.2 Å². The first-order valence-corrected chi connectivity index (χ1v) is 8.45. The minimum absolute atomic E-state index is 0.263. The van der Waals surface area contributed by atoms with Crippen LogP contribution in [0.2, 0.25) is 0 Å². The number of anilines is 1. The van der Waals surface area contributed by atoms with E-state index in [1.54, 1.807) is 13.2 Å². The van der Waals surface area contributed by atoms with E-state index < -0.39 is 0 Å². The van der Waals surface area contributed by atoms with Crippen molar-refractivity contribution < 1.29 is 14.3 Å². The number of amides is 2. The third-order valence-corrected chi connectivity index (χ3v) is 4.69. The minimum atomic E-state index is -0.276. The Balaban J connectivity index is 1.92. The van der Waals surface area contributed by atoms with Crippen LogP contribution in [0.25, 0.3) is 6.08 Å². The Morgan fingerprint density at radius 1 is 1.08 bits per heavy atom. The Morgan fingerprint density at radius 3 is 2.46 bits per heavy atom. The van der Waals surface area contributed by atoms with Gasteiger partial charge in [-0.2, -0.15) is 0 Å². The highest BCUT2D eigenvalue weighted by Crippen LogP contribution is 2.37. The zero-order chi connectivity index (χ0) is 17.1. The fourth-order valence-corrected chi connectivity index (χ4v) is 3.39.